The molecule has 148 valence electrons. The van der Waals surface area contributed by atoms with E-state index in [1.54, 1.807) is 0 Å². The first-order valence-electron chi connectivity index (χ1n) is 9.63. The van der Waals surface area contributed by atoms with Crippen molar-refractivity contribution >= 4 is 30.7 Å². The minimum Gasteiger partial charge on any atom is -0.364 e. The minimum absolute atomic E-state index is 0. The van der Waals surface area contributed by atoms with Crippen LogP contribution in [0.4, 0.5) is 0 Å². The van der Waals surface area contributed by atoms with Gasteiger partial charge in [-0.05, 0) is 44.6 Å². The Morgan fingerprint density at radius 1 is 0.920 bits per heavy atom. The first kappa shape index (κ1) is 23.0. The van der Waals surface area contributed by atoms with Gasteiger partial charge in [-0.15, -0.1) is 24.8 Å². The van der Waals surface area contributed by atoms with E-state index >= 15 is 0 Å². The second kappa shape index (κ2) is 11.6. The van der Waals surface area contributed by atoms with Gasteiger partial charge < -0.3 is 20.3 Å². The Morgan fingerprint density at radius 2 is 1.68 bits per heavy atom. The molecule has 7 heteroatoms. The van der Waals surface area contributed by atoms with Gasteiger partial charge in [0.15, 0.2) is 0 Å². The molecule has 0 spiro atoms. The molecule has 2 N–H and O–H groups in total. The first-order valence-corrected chi connectivity index (χ1v) is 9.63. The zero-order valence-corrected chi connectivity index (χ0v) is 16.9. The summed E-state index contributed by atoms with van der Waals surface area (Å²) in [5, 5.41) is 0. The predicted molar refractivity (Wildman–Crippen MR) is 106 cm³/mol. The lowest BCUT2D eigenvalue weighted by Crippen LogP contribution is -2.42. The maximum atomic E-state index is 12.7. The molecule has 0 bridgehead atoms. The number of carbonyl (C=O) groups excluding carboxylic acids is 1. The van der Waals surface area contributed by atoms with Crippen LogP contribution >= 0.6 is 24.8 Å². The van der Waals surface area contributed by atoms with Crippen LogP contribution in [0.15, 0.2) is 0 Å². The number of nitrogens with zero attached hydrogens (tertiary/aromatic N) is 2. The van der Waals surface area contributed by atoms with Crippen LogP contribution < -0.4 is 5.73 Å². The van der Waals surface area contributed by atoms with Crippen LogP contribution in [-0.2, 0) is 9.53 Å². The van der Waals surface area contributed by atoms with Crippen molar-refractivity contribution in [3.63, 3.8) is 0 Å². The molecule has 3 aliphatic rings. The van der Waals surface area contributed by atoms with Gasteiger partial charge in [0.1, 0.15) is 6.10 Å². The SMILES string of the molecule is Cl.Cl.NC[C@H]1CC[C@@H](C(=O)N2CCCN(CC3CCCCC3)CC2)O1. The molecule has 0 aromatic carbocycles. The molecule has 2 heterocycles. The summed E-state index contributed by atoms with van der Waals surface area (Å²) >= 11 is 0. The molecule has 1 saturated carbocycles. The summed E-state index contributed by atoms with van der Waals surface area (Å²) in [5.74, 6) is 1.08. The molecule has 2 aliphatic heterocycles. The van der Waals surface area contributed by atoms with Gasteiger partial charge in [-0.25, -0.2) is 0 Å². The molecule has 1 amide bonds. The van der Waals surface area contributed by atoms with Crippen LogP contribution in [0.5, 0.6) is 0 Å². The number of hydrogen-bond acceptors (Lipinski definition) is 4. The van der Waals surface area contributed by atoms with Gasteiger partial charge in [0.05, 0.1) is 6.10 Å². The summed E-state index contributed by atoms with van der Waals surface area (Å²) in [7, 11) is 0. The lowest BCUT2D eigenvalue weighted by molar-refractivity contribution is -0.142. The Hall–Kier alpha value is -0.0700. The fraction of sp³-hybridized carbons (Fsp3) is 0.944. The third kappa shape index (κ3) is 6.55. The number of ether oxygens (including phenoxy) is 1. The predicted octanol–water partition coefficient (Wildman–Crippen LogP) is 2.45. The monoisotopic (exact) mass is 395 g/mol. The quantitative estimate of drug-likeness (QED) is 0.793. The smallest absolute Gasteiger partial charge is 0.251 e. The zero-order chi connectivity index (χ0) is 16.1. The van der Waals surface area contributed by atoms with Crippen LogP contribution in [-0.4, -0.2) is 67.2 Å². The number of halogens is 2. The number of rotatable bonds is 4. The van der Waals surface area contributed by atoms with E-state index in [0.29, 0.717) is 6.54 Å². The molecule has 1 aliphatic carbocycles. The number of amides is 1. The summed E-state index contributed by atoms with van der Waals surface area (Å²) in [6.07, 6.45) is 9.72. The van der Waals surface area contributed by atoms with E-state index in [1.807, 2.05) is 4.90 Å². The van der Waals surface area contributed by atoms with Crippen LogP contribution in [0.1, 0.15) is 51.4 Å². The fourth-order valence-electron chi connectivity index (χ4n) is 4.37. The fourth-order valence-corrected chi connectivity index (χ4v) is 4.37. The van der Waals surface area contributed by atoms with Crippen LogP contribution in [0.25, 0.3) is 0 Å². The van der Waals surface area contributed by atoms with Crippen molar-refractivity contribution in [1.82, 2.24) is 9.80 Å². The van der Waals surface area contributed by atoms with E-state index in [1.165, 1.54) is 38.6 Å². The summed E-state index contributed by atoms with van der Waals surface area (Å²) in [6.45, 7) is 5.66. The Balaban J connectivity index is 0.00000156. The van der Waals surface area contributed by atoms with Crippen molar-refractivity contribution < 1.29 is 9.53 Å². The van der Waals surface area contributed by atoms with Crippen LogP contribution in [0.3, 0.4) is 0 Å². The maximum Gasteiger partial charge on any atom is 0.251 e. The molecule has 0 aromatic heterocycles. The van der Waals surface area contributed by atoms with Gasteiger partial charge in [-0.1, -0.05) is 19.3 Å². The van der Waals surface area contributed by atoms with Crippen molar-refractivity contribution in [2.24, 2.45) is 11.7 Å². The molecule has 0 radical (unpaired) electrons. The summed E-state index contributed by atoms with van der Waals surface area (Å²) < 4.78 is 5.78. The highest BCUT2D eigenvalue weighted by Crippen LogP contribution is 2.25. The van der Waals surface area contributed by atoms with Crippen molar-refractivity contribution in [2.75, 3.05) is 39.3 Å². The standard InChI is InChI=1S/C18H33N3O2.2ClH/c19-13-16-7-8-17(23-16)18(22)21-10-4-9-20(11-12-21)14-15-5-2-1-3-6-15;;/h15-17H,1-14,19H2;2*1H/t16-,17+;;/m1../s1. The lowest BCUT2D eigenvalue weighted by Gasteiger charge is -2.29. The van der Waals surface area contributed by atoms with Gasteiger partial charge in [-0.2, -0.15) is 0 Å². The number of nitrogens with two attached hydrogens (primary N) is 1. The molecular weight excluding hydrogens is 361 g/mol. The van der Waals surface area contributed by atoms with Gasteiger partial charge in [0.2, 0.25) is 0 Å². The van der Waals surface area contributed by atoms with Crippen molar-refractivity contribution in [2.45, 2.75) is 63.6 Å². The van der Waals surface area contributed by atoms with Gasteiger partial charge in [-0.3, -0.25) is 4.79 Å². The van der Waals surface area contributed by atoms with Gasteiger partial charge in [0, 0.05) is 32.7 Å². The molecule has 3 rings (SSSR count). The van der Waals surface area contributed by atoms with E-state index in [4.69, 9.17) is 10.5 Å². The second-order valence-corrected chi connectivity index (χ2v) is 7.54. The third-order valence-electron chi connectivity index (χ3n) is 5.79. The maximum absolute atomic E-state index is 12.7. The molecule has 25 heavy (non-hydrogen) atoms. The number of carbonyl (C=O) groups is 1. The highest BCUT2D eigenvalue weighted by Gasteiger charge is 2.33. The van der Waals surface area contributed by atoms with Crippen LogP contribution in [0, 0.1) is 5.92 Å². The highest BCUT2D eigenvalue weighted by molar-refractivity contribution is 5.85. The van der Waals surface area contributed by atoms with Crippen molar-refractivity contribution in [3.8, 4) is 0 Å². The lowest BCUT2D eigenvalue weighted by atomic mass is 9.89. The third-order valence-corrected chi connectivity index (χ3v) is 5.79. The van der Waals surface area contributed by atoms with E-state index in [0.717, 1.165) is 51.4 Å². The second-order valence-electron chi connectivity index (χ2n) is 7.54. The molecule has 3 fully saturated rings. The number of hydrogen-bond donors (Lipinski definition) is 1. The molecule has 5 nitrogen and oxygen atoms in total. The van der Waals surface area contributed by atoms with Gasteiger partial charge >= 0.3 is 0 Å². The van der Waals surface area contributed by atoms with E-state index in [-0.39, 0.29) is 42.9 Å². The average Bonchev–Trinajstić information content (AvgIpc) is 2.95. The normalized spacial score (nSPS) is 28.8. The molecule has 0 aromatic rings. The van der Waals surface area contributed by atoms with Crippen molar-refractivity contribution in [1.29, 1.82) is 0 Å². The molecule has 2 saturated heterocycles. The average molecular weight is 396 g/mol. The molecule has 2 atom stereocenters. The topological polar surface area (TPSA) is 58.8 Å². The first-order chi connectivity index (χ1) is 11.3. The summed E-state index contributed by atoms with van der Waals surface area (Å²) in [4.78, 5) is 17.3. The van der Waals surface area contributed by atoms with Crippen LogP contribution in [0.2, 0.25) is 0 Å². The summed E-state index contributed by atoms with van der Waals surface area (Å²) in [6, 6.07) is 0. The van der Waals surface area contributed by atoms with E-state index < -0.39 is 0 Å². The zero-order valence-electron chi connectivity index (χ0n) is 15.2. The van der Waals surface area contributed by atoms with Gasteiger partial charge in [0.25, 0.3) is 5.91 Å². The summed E-state index contributed by atoms with van der Waals surface area (Å²) in [5.41, 5.74) is 5.65. The largest absolute Gasteiger partial charge is 0.364 e. The highest BCUT2D eigenvalue weighted by atomic mass is 35.5. The van der Waals surface area contributed by atoms with E-state index in [9.17, 15) is 4.79 Å². The Labute approximate surface area is 164 Å². The molecular formula is C18H35Cl2N3O2. The Bertz CT molecular complexity index is 395. The van der Waals surface area contributed by atoms with E-state index in [2.05, 4.69) is 4.90 Å². The van der Waals surface area contributed by atoms with Crippen molar-refractivity contribution in [3.05, 3.63) is 0 Å². The Morgan fingerprint density at radius 3 is 2.36 bits per heavy atom. The molecule has 0 unspecified atom stereocenters. The minimum atomic E-state index is -0.242. The Kier molecular flexibility index (Phi) is 10.7.